The van der Waals surface area contributed by atoms with Crippen molar-refractivity contribution in [1.82, 2.24) is 0 Å². The normalized spacial score (nSPS) is 19.2. The van der Waals surface area contributed by atoms with E-state index in [1.165, 1.54) is 0 Å². The van der Waals surface area contributed by atoms with Crippen molar-refractivity contribution in [2.45, 2.75) is 0 Å². The van der Waals surface area contributed by atoms with Crippen LogP contribution in [-0.4, -0.2) is 40.3 Å². The fourth-order valence-corrected chi connectivity index (χ4v) is 1.50. The van der Waals surface area contributed by atoms with E-state index in [1.807, 2.05) is 0 Å². The molecule has 0 spiro atoms. The third-order valence-corrected chi connectivity index (χ3v) is 3.30. The summed E-state index contributed by atoms with van der Waals surface area (Å²) in [4.78, 5) is 34.0. The quantitative estimate of drug-likeness (QED) is 0.326. The lowest BCUT2D eigenvalue weighted by Gasteiger charge is -2.13. The molecule has 0 aromatic heterocycles. The van der Waals surface area contributed by atoms with Crippen LogP contribution in [0.4, 0.5) is 0 Å². The third kappa shape index (κ3) is 10.3. The zero-order valence-electron chi connectivity index (χ0n) is 8.81. The first-order valence-corrected chi connectivity index (χ1v) is 8.34. The molecule has 0 rings (SSSR count). The number of hydrogen-bond donors (Lipinski definition) is 4. The van der Waals surface area contributed by atoms with Crippen molar-refractivity contribution in [2.75, 3.05) is 20.7 Å². The molecule has 0 bridgehead atoms. The first-order valence-electron chi connectivity index (χ1n) is 3.82. The first kappa shape index (κ1) is 18.3. The predicted molar refractivity (Wildman–Crippen MR) is 52.8 cm³/mol. The van der Waals surface area contributed by atoms with Crippen molar-refractivity contribution in [2.24, 2.45) is 0 Å². The minimum atomic E-state index is -4.86. The molecule has 0 amide bonds. The molecule has 2 atom stereocenters. The van der Waals surface area contributed by atoms with Crippen molar-refractivity contribution >= 4 is 23.5 Å². The van der Waals surface area contributed by atoms with Crippen LogP contribution in [-0.2, 0) is 36.3 Å². The number of phosphoric acid groups is 3. The van der Waals surface area contributed by atoms with Crippen LogP contribution >= 0.6 is 23.5 Å². The SMILES string of the molecule is COP(=O)(O)OCOP(=O)(O)OCOP(=O)(O)O. The van der Waals surface area contributed by atoms with E-state index in [-0.39, 0.29) is 0 Å². The Kier molecular flexibility index (Phi) is 7.33. The zero-order chi connectivity index (χ0) is 14.4. The molecule has 12 nitrogen and oxygen atoms in total. The van der Waals surface area contributed by atoms with Crippen LogP contribution in [0.2, 0.25) is 0 Å². The maximum atomic E-state index is 11.0. The van der Waals surface area contributed by atoms with E-state index in [9.17, 15) is 13.7 Å². The van der Waals surface area contributed by atoms with Gasteiger partial charge in [0.15, 0.2) is 13.6 Å². The minimum Gasteiger partial charge on any atom is -0.303 e. The highest BCUT2D eigenvalue weighted by Gasteiger charge is 2.26. The molecule has 15 heteroatoms. The maximum absolute atomic E-state index is 11.0. The highest BCUT2D eigenvalue weighted by atomic mass is 31.2. The fourth-order valence-electron chi connectivity index (χ4n) is 0.406. The zero-order valence-corrected chi connectivity index (χ0v) is 11.5. The Labute approximate surface area is 101 Å². The third-order valence-electron chi connectivity index (χ3n) is 1.10. The molecule has 0 aliphatic rings. The van der Waals surface area contributed by atoms with Crippen molar-refractivity contribution < 1.29 is 55.9 Å². The Morgan fingerprint density at radius 1 is 0.778 bits per heavy atom. The Bertz CT molecular complexity index is 384. The molecular weight excluding hydrogens is 321 g/mol. The van der Waals surface area contributed by atoms with Crippen LogP contribution in [0, 0.1) is 0 Å². The summed E-state index contributed by atoms with van der Waals surface area (Å²) in [7, 11) is -13.1. The van der Waals surface area contributed by atoms with Gasteiger partial charge in [0.2, 0.25) is 0 Å². The number of phosphoric ester groups is 3. The summed E-state index contributed by atoms with van der Waals surface area (Å²) in [6.07, 6.45) is 0. The first-order chi connectivity index (χ1) is 7.97. The van der Waals surface area contributed by atoms with E-state index in [4.69, 9.17) is 19.6 Å². The largest absolute Gasteiger partial charge is 0.476 e. The molecular formula is C3H11O12P3. The summed E-state index contributed by atoms with van der Waals surface area (Å²) < 4.78 is 51.4. The van der Waals surface area contributed by atoms with E-state index in [0.717, 1.165) is 7.11 Å². The summed E-state index contributed by atoms with van der Waals surface area (Å²) >= 11 is 0. The van der Waals surface area contributed by atoms with Crippen molar-refractivity contribution in [3.8, 4) is 0 Å². The molecule has 0 aromatic carbocycles. The van der Waals surface area contributed by atoms with Crippen LogP contribution in [0.1, 0.15) is 0 Å². The Hall–Kier alpha value is 0.330. The Morgan fingerprint density at radius 3 is 1.56 bits per heavy atom. The lowest BCUT2D eigenvalue weighted by atomic mass is 11.6. The smallest absolute Gasteiger partial charge is 0.303 e. The lowest BCUT2D eigenvalue weighted by molar-refractivity contribution is 0.0133. The summed E-state index contributed by atoms with van der Waals surface area (Å²) in [5.74, 6) is 0. The molecule has 0 fully saturated rings. The van der Waals surface area contributed by atoms with Crippen molar-refractivity contribution in [3.63, 3.8) is 0 Å². The maximum Gasteiger partial charge on any atom is 0.476 e. The molecule has 18 heavy (non-hydrogen) atoms. The van der Waals surface area contributed by atoms with Crippen LogP contribution in [0.25, 0.3) is 0 Å². The predicted octanol–water partition coefficient (Wildman–Crippen LogP) is -0.0923. The minimum absolute atomic E-state index is 0.851. The number of rotatable bonds is 9. The van der Waals surface area contributed by atoms with Gasteiger partial charge in [0.05, 0.1) is 0 Å². The van der Waals surface area contributed by atoms with Crippen LogP contribution < -0.4 is 0 Å². The number of hydrogen-bond acceptors (Lipinski definition) is 8. The van der Waals surface area contributed by atoms with Gasteiger partial charge in [0.1, 0.15) is 0 Å². The molecule has 0 radical (unpaired) electrons. The summed E-state index contributed by atoms with van der Waals surface area (Å²) in [6.45, 7) is -2.37. The molecule has 0 heterocycles. The van der Waals surface area contributed by atoms with Crippen LogP contribution in [0.5, 0.6) is 0 Å². The van der Waals surface area contributed by atoms with Gasteiger partial charge in [-0.25, -0.2) is 13.7 Å². The second-order valence-electron chi connectivity index (χ2n) is 2.36. The molecule has 0 aliphatic heterocycles. The van der Waals surface area contributed by atoms with Crippen LogP contribution in [0.3, 0.4) is 0 Å². The highest BCUT2D eigenvalue weighted by Crippen LogP contribution is 2.48. The summed E-state index contributed by atoms with van der Waals surface area (Å²) in [6, 6.07) is 0. The molecule has 2 unspecified atom stereocenters. The van der Waals surface area contributed by atoms with Crippen molar-refractivity contribution in [3.05, 3.63) is 0 Å². The van der Waals surface area contributed by atoms with Gasteiger partial charge in [0, 0.05) is 7.11 Å². The Balaban J connectivity index is 3.99. The molecule has 0 aromatic rings. The van der Waals surface area contributed by atoms with Gasteiger partial charge in [-0.05, 0) is 0 Å². The van der Waals surface area contributed by atoms with Crippen LogP contribution in [0.15, 0.2) is 0 Å². The van der Waals surface area contributed by atoms with Gasteiger partial charge >= 0.3 is 23.5 Å². The Morgan fingerprint density at radius 2 is 1.17 bits per heavy atom. The average molecular weight is 332 g/mol. The van der Waals surface area contributed by atoms with Gasteiger partial charge in [0.25, 0.3) is 0 Å². The highest BCUT2D eigenvalue weighted by molar-refractivity contribution is 7.48. The monoisotopic (exact) mass is 332 g/mol. The van der Waals surface area contributed by atoms with E-state index in [1.54, 1.807) is 0 Å². The van der Waals surface area contributed by atoms with E-state index in [0.29, 0.717) is 0 Å². The topological polar surface area (TPSA) is 178 Å². The fraction of sp³-hybridized carbons (Fsp3) is 1.00. The summed E-state index contributed by atoms with van der Waals surface area (Å²) in [5.41, 5.74) is 0. The molecule has 0 saturated heterocycles. The van der Waals surface area contributed by atoms with Crippen molar-refractivity contribution in [1.29, 1.82) is 0 Å². The standard InChI is InChI=1S/C3H11O12P3/c1-11-17(7,8)13-3-15-18(9,10)14-2-12-16(4,5)6/h2-3H2,1H3,(H,7,8)(H,9,10)(H2,4,5,6). The average Bonchev–Trinajstić information content (AvgIpc) is 2.14. The van der Waals surface area contributed by atoms with E-state index < -0.39 is 37.1 Å². The molecule has 110 valence electrons. The molecule has 0 saturated carbocycles. The molecule has 0 aliphatic carbocycles. The van der Waals surface area contributed by atoms with Gasteiger partial charge in [-0.3, -0.25) is 22.6 Å². The van der Waals surface area contributed by atoms with E-state index in [2.05, 4.69) is 22.6 Å². The second-order valence-corrected chi connectivity index (χ2v) is 6.62. The van der Waals surface area contributed by atoms with E-state index >= 15 is 0 Å². The molecule has 4 N–H and O–H groups in total. The van der Waals surface area contributed by atoms with Gasteiger partial charge in [-0.2, -0.15) is 0 Å². The van der Waals surface area contributed by atoms with Gasteiger partial charge in [-0.15, -0.1) is 0 Å². The lowest BCUT2D eigenvalue weighted by Crippen LogP contribution is -2.02. The van der Waals surface area contributed by atoms with Gasteiger partial charge < -0.3 is 19.6 Å². The second kappa shape index (κ2) is 7.20. The van der Waals surface area contributed by atoms with Gasteiger partial charge in [-0.1, -0.05) is 0 Å². The summed E-state index contributed by atoms with van der Waals surface area (Å²) in [5, 5.41) is 0.